The molecule has 0 bridgehead atoms. The zero-order chi connectivity index (χ0) is 23.8. The van der Waals surface area contributed by atoms with Crippen molar-refractivity contribution in [1.82, 2.24) is 9.88 Å². The van der Waals surface area contributed by atoms with Gasteiger partial charge in [0, 0.05) is 48.4 Å². The van der Waals surface area contributed by atoms with E-state index in [0.717, 1.165) is 51.7 Å². The van der Waals surface area contributed by atoms with Crippen LogP contribution in [0.2, 0.25) is 5.15 Å². The van der Waals surface area contributed by atoms with Gasteiger partial charge in [0.15, 0.2) is 5.69 Å². The molecule has 6 heteroatoms. The number of piperidine rings is 1. The van der Waals surface area contributed by atoms with Gasteiger partial charge >= 0.3 is 0 Å². The summed E-state index contributed by atoms with van der Waals surface area (Å²) in [6, 6.07) is 10.8. The Morgan fingerprint density at radius 1 is 1.11 bits per heavy atom. The molecule has 2 saturated heterocycles. The van der Waals surface area contributed by atoms with Gasteiger partial charge in [-0.1, -0.05) is 25.3 Å². The summed E-state index contributed by atoms with van der Waals surface area (Å²) in [6.07, 6.45) is 13.7. The van der Waals surface area contributed by atoms with Gasteiger partial charge in [0.2, 0.25) is 5.91 Å². The van der Waals surface area contributed by atoms with Gasteiger partial charge in [-0.2, -0.15) is 4.98 Å². The Kier molecular flexibility index (Phi) is 6.57. The number of nitrogens with one attached hydrogen (secondary N) is 1. The molecule has 3 N–H and O–H groups in total. The minimum atomic E-state index is -0.0687. The van der Waals surface area contributed by atoms with Crippen LogP contribution in [0.3, 0.4) is 0 Å². The number of fused-ring (bicyclic) bond motifs is 2. The fourth-order valence-corrected chi connectivity index (χ4v) is 8.18. The number of aryl methyl sites for hydroxylation is 1. The third-order valence-corrected chi connectivity index (χ3v) is 9.90. The standard InChI is InChI=1S/C29H37ClN4O/c30-27-12-11-22-25(33-27)10-6-14-29(22)19-31-18-23(29)28(35)34-16-13-21(24-9-4-5-15-32-24)17-26(34)20-7-2-1-3-8-20/h4-5,9,11-12,15,20-21,23,26,31H,1-3,6-8,10,13-14,16-19H2/p+2/t21?,23-,26?,29-/m0/s1. The quantitative estimate of drug-likeness (QED) is 0.661. The number of likely N-dealkylation sites (tertiary alicyclic amines) is 1. The molecule has 2 unspecified atom stereocenters. The lowest BCUT2D eigenvalue weighted by molar-refractivity contribution is -0.640. The third-order valence-electron chi connectivity index (χ3n) is 9.68. The highest BCUT2D eigenvalue weighted by Crippen LogP contribution is 2.45. The number of nitrogens with two attached hydrogens (primary N) is 1. The molecule has 0 radical (unpaired) electrons. The zero-order valence-electron chi connectivity index (χ0n) is 20.7. The number of pyridine rings is 2. The van der Waals surface area contributed by atoms with Gasteiger partial charge in [-0.05, 0) is 74.2 Å². The molecular formula is C29H39ClN4O+2. The normalized spacial score (nSPS) is 31.5. The van der Waals surface area contributed by atoms with E-state index in [1.807, 2.05) is 18.3 Å². The highest BCUT2D eigenvalue weighted by molar-refractivity contribution is 6.28. The lowest BCUT2D eigenvalue weighted by Gasteiger charge is -2.46. The van der Waals surface area contributed by atoms with E-state index in [1.165, 1.54) is 49.1 Å². The predicted molar refractivity (Wildman–Crippen MR) is 136 cm³/mol. The number of quaternary nitrogens is 1. The maximum absolute atomic E-state index is 14.5. The maximum Gasteiger partial charge on any atom is 0.273 e. The Hall–Kier alpha value is -1.98. The molecule has 35 heavy (non-hydrogen) atoms. The van der Waals surface area contributed by atoms with Crippen molar-refractivity contribution in [3.8, 4) is 0 Å². The first-order valence-corrected chi connectivity index (χ1v) is 14.3. The first kappa shape index (κ1) is 23.4. The van der Waals surface area contributed by atoms with Gasteiger partial charge in [-0.3, -0.25) is 9.78 Å². The Morgan fingerprint density at radius 3 is 2.83 bits per heavy atom. The largest absolute Gasteiger partial charge is 0.345 e. The summed E-state index contributed by atoms with van der Waals surface area (Å²) in [5.74, 6) is 1.56. The van der Waals surface area contributed by atoms with Crippen LogP contribution in [-0.2, 0) is 16.6 Å². The Bertz CT molecular complexity index is 1060. The van der Waals surface area contributed by atoms with Crippen LogP contribution in [0.5, 0.6) is 0 Å². The van der Waals surface area contributed by atoms with E-state index in [9.17, 15) is 4.79 Å². The third kappa shape index (κ3) is 4.29. The number of amides is 1. The molecule has 3 fully saturated rings. The molecule has 2 aromatic heterocycles. The van der Waals surface area contributed by atoms with Crippen LogP contribution in [0.4, 0.5) is 0 Å². The summed E-state index contributed by atoms with van der Waals surface area (Å²) < 4.78 is 0. The van der Waals surface area contributed by atoms with Crippen molar-refractivity contribution in [3.63, 3.8) is 0 Å². The van der Waals surface area contributed by atoms with Crippen molar-refractivity contribution in [2.45, 2.75) is 81.6 Å². The van der Waals surface area contributed by atoms with E-state index < -0.39 is 0 Å². The van der Waals surface area contributed by atoms with Crippen LogP contribution in [-0.4, -0.2) is 41.5 Å². The minimum Gasteiger partial charge on any atom is -0.345 e. The lowest BCUT2D eigenvalue weighted by Crippen LogP contribution is -2.82. The second-order valence-electron chi connectivity index (χ2n) is 11.5. The molecule has 2 aromatic rings. The topological polar surface area (TPSA) is 64.0 Å². The van der Waals surface area contributed by atoms with Crippen molar-refractivity contribution in [2.75, 3.05) is 19.6 Å². The summed E-state index contributed by atoms with van der Waals surface area (Å²) in [4.78, 5) is 25.0. The Morgan fingerprint density at radius 2 is 2.00 bits per heavy atom. The molecule has 4 heterocycles. The molecule has 186 valence electrons. The van der Waals surface area contributed by atoms with Crippen LogP contribution < -0.4 is 10.3 Å². The van der Waals surface area contributed by atoms with E-state index in [4.69, 9.17) is 16.6 Å². The number of aromatic amines is 1. The van der Waals surface area contributed by atoms with Gasteiger partial charge < -0.3 is 10.2 Å². The van der Waals surface area contributed by atoms with Gasteiger partial charge in [-0.25, -0.2) is 0 Å². The number of halogens is 1. The summed E-state index contributed by atoms with van der Waals surface area (Å²) in [5, 5.41) is 3.09. The molecule has 0 aromatic carbocycles. The Labute approximate surface area is 214 Å². The first-order chi connectivity index (χ1) is 17.2. The molecule has 6 rings (SSSR count). The molecule has 4 aliphatic rings. The maximum atomic E-state index is 14.5. The molecule has 1 amide bonds. The summed E-state index contributed by atoms with van der Waals surface area (Å²) in [7, 11) is 0. The lowest BCUT2D eigenvalue weighted by atomic mass is 9.64. The molecule has 1 spiro atoms. The minimum absolute atomic E-state index is 0.0496. The van der Waals surface area contributed by atoms with Crippen LogP contribution in [0.15, 0.2) is 36.5 Å². The molecular weight excluding hydrogens is 456 g/mol. The van der Waals surface area contributed by atoms with Crippen LogP contribution in [0.25, 0.3) is 0 Å². The average molecular weight is 495 g/mol. The number of carbonyl (C=O) groups excluding carboxylic acids is 1. The SMILES string of the molecule is O=C([C@@H]1C[NH2+]C[C@]12CCCc1[nH+]c(Cl)ccc12)N1CCC(c2ccccn2)CC1C1CCCCC1. The highest BCUT2D eigenvalue weighted by Gasteiger charge is 2.56. The molecule has 1 saturated carbocycles. The van der Waals surface area contributed by atoms with E-state index in [-0.39, 0.29) is 11.3 Å². The first-order valence-electron chi connectivity index (χ1n) is 13.9. The van der Waals surface area contributed by atoms with Crippen LogP contribution in [0.1, 0.15) is 80.7 Å². The van der Waals surface area contributed by atoms with E-state index in [2.05, 4.69) is 33.4 Å². The Balaban J connectivity index is 1.30. The number of hydrogen-bond donors (Lipinski definition) is 1. The van der Waals surface area contributed by atoms with Gasteiger partial charge in [0.1, 0.15) is 5.92 Å². The monoisotopic (exact) mass is 494 g/mol. The smallest absolute Gasteiger partial charge is 0.273 e. The summed E-state index contributed by atoms with van der Waals surface area (Å²) in [5.41, 5.74) is 3.73. The van der Waals surface area contributed by atoms with E-state index >= 15 is 0 Å². The van der Waals surface area contributed by atoms with Crippen molar-refractivity contribution >= 4 is 17.5 Å². The number of H-pyrrole nitrogens is 1. The van der Waals surface area contributed by atoms with Crippen LogP contribution >= 0.6 is 11.6 Å². The number of aromatic nitrogens is 2. The zero-order valence-corrected chi connectivity index (χ0v) is 21.5. The summed E-state index contributed by atoms with van der Waals surface area (Å²) >= 11 is 6.32. The fraction of sp³-hybridized carbons (Fsp3) is 0.621. The van der Waals surface area contributed by atoms with Gasteiger partial charge in [-0.15, -0.1) is 0 Å². The number of hydrogen-bond acceptors (Lipinski definition) is 2. The molecule has 2 aliphatic carbocycles. The number of carbonyl (C=O) groups is 1. The molecule has 5 nitrogen and oxygen atoms in total. The van der Waals surface area contributed by atoms with Crippen molar-refractivity contribution < 1.29 is 15.1 Å². The number of rotatable bonds is 3. The predicted octanol–water partition coefficient (Wildman–Crippen LogP) is 3.67. The fourth-order valence-electron chi connectivity index (χ4n) is 8.00. The molecule has 2 aliphatic heterocycles. The average Bonchev–Trinajstić information content (AvgIpc) is 3.32. The van der Waals surface area contributed by atoms with Crippen molar-refractivity contribution in [3.05, 3.63) is 58.6 Å². The number of nitrogens with zero attached hydrogens (tertiary/aromatic N) is 2. The van der Waals surface area contributed by atoms with Crippen molar-refractivity contribution in [1.29, 1.82) is 0 Å². The van der Waals surface area contributed by atoms with Crippen molar-refractivity contribution in [2.24, 2.45) is 11.8 Å². The second-order valence-corrected chi connectivity index (χ2v) is 11.9. The molecule has 4 atom stereocenters. The van der Waals surface area contributed by atoms with Gasteiger partial charge in [0.05, 0.1) is 18.5 Å². The van der Waals surface area contributed by atoms with E-state index in [0.29, 0.717) is 28.9 Å². The second kappa shape index (κ2) is 9.82. The van der Waals surface area contributed by atoms with Gasteiger partial charge in [0.25, 0.3) is 5.15 Å². The van der Waals surface area contributed by atoms with E-state index in [1.54, 1.807) is 0 Å². The highest BCUT2D eigenvalue weighted by atomic mass is 35.5. The summed E-state index contributed by atoms with van der Waals surface area (Å²) in [6.45, 7) is 2.77. The van der Waals surface area contributed by atoms with Crippen LogP contribution in [0, 0.1) is 11.8 Å².